The molecule has 82 valence electrons. The molecule has 0 radical (unpaired) electrons. The fourth-order valence-electron chi connectivity index (χ4n) is 0.896. The van der Waals surface area contributed by atoms with Crippen LogP contribution in [0.15, 0.2) is 12.1 Å². The number of carbonyl (C=O) groups is 1. The summed E-state index contributed by atoms with van der Waals surface area (Å²) in [5.41, 5.74) is -1.03. The van der Waals surface area contributed by atoms with Gasteiger partial charge in [-0.05, 0) is 12.1 Å². The highest BCUT2D eigenvalue weighted by Crippen LogP contribution is 2.34. The monoisotopic (exact) mass is 238 g/mol. The zero-order chi connectivity index (χ0) is 11.6. The lowest BCUT2D eigenvalue weighted by molar-refractivity contribution is -0.137. The van der Waals surface area contributed by atoms with E-state index in [-0.39, 0.29) is 5.82 Å². The van der Waals surface area contributed by atoms with E-state index in [1.165, 1.54) is 6.92 Å². The van der Waals surface area contributed by atoms with Gasteiger partial charge in [0.15, 0.2) is 0 Å². The smallest absolute Gasteiger partial charge is 0.311 e. The summed E-state index contributed by atoms with van der Waals surface area (Å²) >= 11 is 5.32. The summed E-state index contributed by atoms with van der Waals surface area (Å²) in [5, 5.41) is 1.54. The highest BCUT2D eigenvalue weighted by atomic mass is 35.5. The Morgan fingerprint density at radius 1 is 1.47 bits per heavy atom. The number of amides is 1. The number of alkyl halides is 3. The fourth-order valence-corrected chi connectivity index (χ4v) is 1.16. The van der Waals surface area contributed by atoms with Gasteiger partial charge >= 0.3 is 6.18 Å². The molecule has 0 bridgehead atoms. The second-order valence-corrected chi connectivity index (χ2v) is 3.07. The molecule has 0 saturated heterocycles. The molecule has 1 N–H and O–H groups in total. The van der Waals surface area contributed by atoms with Crippen molar-refractivity contribution >= 4 is 23.3 Å². The minimum absolute atomic E-state index is 0.0134. The van der Waals surface area contributed by atoms with Crippen LogP contribution in [0.2, 0.25) is 5.15 Å². The first-order valence-corrected chi connectivity index (χ1v) is 4.20. The van der Waals surface area contributed by atoms with E-state index in [9.17, 15) is 18.0 Å². The summed E-state index contributed by atoms with van der Waals surface area (Å²) < 4.78 is 36.7. The first kappa shape index (κ1) is 11.8. The summed E-state index contributed by atoms with van der Waals surface area (Å²) in [5.74, 6) is -0.446. The molecular formula is C8H6ClF3N2O. The molecule has 0 fully saturated rings. The third-order valence-corrected chi connectivity index (χ3v) is 1.75. The molecule has 15 heavy (non-hydrogen) atoms. The van der Waals surface area contributed by atoms with Crippen LogP contribution in [0.3, 0.4) is 0 Å². The molecule has 0 atom stereocenters. The number of hydrogen-bond donors (Lipinski definition) is 1. The zero-order valence-corrected chi connectivity index (χ0v) is 8.28. The number of aromatic nitrogens is 1. The van der Waals surface area contributed by atoms with Gasteiger partial charge in [-0.1, -0.05) is 11.6 Å². The van der Waals surface area contributed by atoms with E-state index >= 15 is 0 Å². The van der Waals surface area contributed by atoms with Crippen LogP contribution in [0, 0.1) is 0 Å². The van der Waals surface area contributed by atoms with E-state index in [1.807, 2.05) is 0 Å². The van der Waals surface area contributed by atoms with Gasteiger partial charge < -0.3 is 5.32 Å². The molecule has 0 unspecified atom stereocenters. The number of rotatable bonds is 1. The van der Waals surface area contributed by atoms with Gasteiger partial charge in [-0.2, -0.15) is 13.2 Å². The minimum Gasteiger partial charge on any atom is -0.311 e. The van der Waals surface area contributed by atoms with Crippen LogP contribution in [-0.2, 0) is 11.0 Å². The number of nitrogens with zero attached hydrogens (tertiary/aromatic N) is 1. The molecular weight excluding hydrogens is 233 g/mol. The molecule has 0 saturated carbocycles. The largest absolute Gasteiger partial charge is 0.419 e. The SMILES string of the molecule is CC(=O)Nc1ccc(C(F)(F)F)c(Cl)n1. The summed E-state index contributed by atoms with van der Waals surface area (Å²) in [6.07, 6.45) is -4.54. The molecule has 0 aromatic carbocycles. The van der Waals surface area contributed by atoms with Gasteiger partial charge in [-0.3, -0.25) is 4.79 Å². The lowest BCUT2D eigenvalue weighted by atomic mass is 10.3. The molecule has 1 aromatic heterocycles. The molecule has 3 nitrogen and oxygen atoms in total. The summed E-state index contributed by atoms with van der Waals surface area (Å²) in [6.45, 7) is 1.22. The quantitative estimate of drug-likeness (QED) is 0.765. The van der Waals surface area contributed by atoms with E-state index in [1.54, 1.807) is 0 Å². The van der Waals surface area contributed by atoms with Gasteiger partial charge in [0.05, 0.1) is 5.56 Å². The van der Waals surface area contributed by atoms with Gasteiger partial charge in [0, 0.05) is 6.92 Å². The van der Waals surface area contributed by atoms with Crippen LogP contribution in [0.4, 0.5) is 19.0 Å². The van der Waals surface area contributed by atoms with E-state index in [0.29, 0.717) is 0 Å². The first-order valence-electron chi connectivity index (χ1n) is 3.82. The lowest BCUT2D eigenvalue weighted by Gasteiger charge is -2.09. The number of hydrogen-bond acceptors (Lipinski definition) is 2. The van der Waals surface area contributed by atoms with Crippen molar-refractivity contribution in [1.29, 1.82) is 0 Å². The fraction of sp³-hybridized carbons (Fsp3) is 0.250. The lowest BCUT2D eigenvalue weighted by Crippen LogP contribution is -2.11. The second kappa shape index (κ2) is 4.06. The van der Waals surface area contributed by atoms with Crippen molar-refractivity contribution < 1.29 is 18.0 Å². The van der Waals surface area contributed by atoms with Crippen LogP contribution in [0.1, 0.15) is 12.5 Å². The molecule has 0 aliphatic rings. The Labute approximate surface area is 88.3 Å². The highest BCUT2D eigenvalue weighted by molar-refractivity contribution is 6.30. The van der Waals surface area contributed by atoms with Gasteiger partial charge in [0.1, 0.15) is 11.0 Å². The van der Waals surface area contributed by atoms with Gasteiger partial charge in [0.25, 0.3) is 0 Å². The van der Waals surface area contributed by atoms with Crippen molar-refractivity contribution in [2.24, 2.45) is 0 Å². The van der Waals surface area contributed by atoms with Crippen LogP contribution >= 0.6 is 11.6 Å². The van der Waals surface area contributed by atoms with Gasteiger partial charge in [0.2, 0.25) is 5.91 Å². The molecule has 1 rings (SSSR count). The third kappa shape index (κ3) is 3.09. The number of halogens is 4. The van der Waals surface area contributed by atoms with Crippen LogP contribution in [-0.4, -0.2) is 10.9 Å². The second-order valence-electron chi connectivity index (χ2n) is 2.71. The van der Waals surface area contributed by atoms with E-state index < -0.39 is 22.8 Å². The van der Waals surface area contributed by atoms with Crippen LogP contribution < -0.4 is 5.32 Å². The Balaban J connectivity index is 3.04. The van der Waals surface area contributed by atoms with Crippen molar-refractivity contribution in [2.75, 3.05) is 5.32 Å². The molecule has 1 heterocycles. The van der Waals surface area contributed by atoms with Crippen LogP contribution in [0.25, 0.3) is 0 Å². The highest BCUT2D eigenvalue weighted by Gasteiger charge is 2.33. The Kier molecular flexibility index (Phi) is 3.18. The standard InChI is InChI=1S/C8H6ClF3N2O/c1-4(15)13-6-3-2-5(7(9)14-6)8(10,11)12/h2-3H,1H3,(H,13,14,15). The van der Waals surface area contributed by atoms with Crippen molar-refractivity contribution in [3.05, 3.63) is 22.8 Å². The maximum atomic E-state index is 12.2. The molecule has 0 spiro atoms. The number of pyridine rings is 1. The van der Waals surface area contributed by atoms with E-state index in [0.717, 1.165) is 12.1 Å². The normalized spacial score (nSPS) is 11.3. The maximum Gasteiger partial charge on any atom is 0.419 e. The Hall–Kier alpha value is -1.30. The summed E-state index contributed by atoms with van der Waals surface area (Å²) in [6, 6.07) is 1.80. The van der Waals surface area contributed by atoms with E-state index in [2.05, 4.69) is 10.3 Å². The van der Waals surface area contributed by atoms with E-state index in [4.69, 9.17) is 11.6 Å². The summed E-state index contributed by atoms with van der Waals surface area (Å²) in [4.78, 5) is 14.0. The van der Waals surface area contributed by atoms with Crippen molar-refractivity contribution in [3.8, 4) is 0 Å². The topological polar surface area (TPSA) is 42.0 Å². The van der Waals surface area contributed by atoms with Crippen molar-refractivity contribution in [1.82, 2.24) is 4.98 Å². The minimum atomic E-state index is -4.54. The average Bonchev–Trinajstić information content (AvgIpc) is 1.99. The maximum absolute atomic E-state index is 12.2. The number of carbonyl (C=O) groups excluding carboxylic acids is 1. The number of anilines is 1. The predicted octanol–water partition coefficient (Wildman–Crippen LogP) is 2.71. The first-order chi connectivity index (χ1) is 6.80. The molecule has 0 aliphatic carbocycles. The molecule has 1 aromatic rings. The Morgan fingerprint density at radius 2 is 2.07 bits per heavy atom. The molecule has 7 heteroatoms. The zero-order valence-electron chi connectivity index (χ0n) is 7.52. The van der Waals surface area contributed by atoms with Gasteiger partial charge in [-0.25, -0.2) is 4.98 Å². The summed E-state index contributed by atoms with van der Waals surface area (Å²) in [7, 11) is 0. The molecule has 0 aliphatic heterocycles. The average molecular weight is 239 g/mol. The van der Waals surface area contributed by atoms with Crippen molar-refractivity contribution in [3.63, 3.8) is 0 Å². The third-order valence-electron chi connectivity index (χ3n) is 1.46. The predicted molar refractivity (Wildman–Crippen MR) is 48.6 cm³/mol. The Morgan fingerprint density at radius 3 is 2.47 bits per heavy atom. The van der Waals surface area contributed by atoms with Crippen molar-refractivity contribution in [2.45, 2.75) is 13.1 Å². The van der Waals surface area contributed by atoms with Crippen LogP contribution in [0.5, 0.6) is 0 Å². The Bertz CT molecular complexity index is 392. The van der Waals surface area contributed by atoms with Gasteiger partial charge in [-0.15, -0.1) is 0 Å². The molecule has 1 amide bonds. The number of nitrogens with one attached hydrogen (secondary N) is 1.